The van der Waals surface area contributed by atoms with E-state index in [9.17, 15) is 8.42 Å². The Morgan fingerprint density at radius 3 is 2.80 bits per heavy atom. The van der Waals surface area contributed by atoms with Gasteiger partial charge in [0.15, 0.2) is 5.15 Å². The molecule has 0 saturated heterocycles. The van der Waals surface area contributed by atoms with Crippen LogP contribution >= 0.6 is 27.5 Å². The molecule has 0 amide bonds. The summed E-state index contributed by atoms with van der Waals surface area (Å²) in [7, 11) is -3.59. The summed E-state index contributed by atoms with van der Waals surface area (Å²) in [5.74, 6) is -0.194. The molecule has 8 heteroatoms. The van der Waals surface area contributed by atoms with Gasteiger partial charge in [-0.05, 0) is 39.7 Å². The highest BCUT2D eigenvalue weighted by atomic mass is 79.9. The van der Waals surface area contributed by atoms with Crippen molar-refractivity contribution in [1.29, 1.82) is 0 Å². The molecule has 0 radical (unpaired) electrons. The molecular formula is C12H11BrClN3O2S. The molecular weight excluding hydrogens is 366 g/mol. The molecule has 0 atom stereocenters. The predicted molar refractivity (Wildman–Crippen MR) is 84.0 cm³/mol. The first kappa shape index (κ1) is 15.1. The van der Waals surface area contributed by atoms with Crippen LogP contribution in [0.4, 0.5) is 11.4 Å². The molecule has 2 rings (SSSR count). The summed E-state index contributed by atoms with van der Waals surface area (Å²) in [6.07, 6.45) is 1.48. The maximum atomic E-state index is 12.1. The minimum absolute atomic E-state index is 0.0874. The summed E-state index contributed by atoms with van der Waals surface area (Å²) in [4.78, 5) is 3.86. The zero-order valence-corrected chi connectivity index (χ0v) is 13.3. The Kier molecular flexibility index (Phi) is 4.52. The number of nitrogens with two attached hydrogens (primary N) is 1. The summed E-state index contributed by atoms with van der Waals surface area (Å²) in [6, 6.07) is 8.25. The van der Waals surface area contributed by atoms with Gasteiger partial charge in [0.25, 0.3) is 0 Å². The van der Waals surface area contributed by atoms with Crippen molar-refractivity contribution < 1.29 is 8.42 Å². The fourth-order valence-corrected chi connectivity index (χ4v) is 3.32. The molecule has 0 bridgehead atoms. The van der Waals surface area contributed by atoms with E-state index in [-0.39, 0.29) is 16.6 Å². The van der Waals surface area contributed by atoms with Crippen molar-refractivity contribution in [2.45, 2.75) is 5.75 Å². The van der Waals surface area contributed by atoms with Crippen molar-refractivity contribution >= 4 is 48.9 Å². The van der Waals surface area contributed by atoms with Crippen LogP contribution in [0.25, 0.3) is 0 Å². The van der Waals surface area contributed by atoms with E-state index in [1.807, 2.05) is 0 Å². The van der Waals surface area contributed by atoms with E-state index in [2.05, 4.69) is 25.6 Å². The zero-order valence-electron chi connectivity index (χ0n) is 10.2. The van der Waals surface area contributed by atoms with Gasteiger partial charge in [0, 0.05) is 16.4 Å². The highest BCUT2D eigenvalue weighted by Gasteiger charge is 2.14. The van der Waals surface area contributed by atoms with Crippen LogP contribution in [0.3, 0.4) is 0 Å². The summed E-state index contributed by atoms with van der Waals surface area (Å²) < 4.78 is 27.2. The fourth-order valence-electron chi connectivity index (χ4n) is 1.60. The van der Waals surface area contributed by atoms with Crippen LogP contribution in [-0.2, 0) is 15.8 Å². The van der Waals surface area contributed by atoms with E-state index in [1.54, 1.807) is 30.3 Å². The van der Waals surface area contributed by atoms with Gasteiger partial charge in [0.2, 0.25) is 10.0 Å². The molecule has 0 fully saturated rings. The number of hydrogen-bond acceptors (Lipinski definition) is 4. The van der Waals surface area contributed by atoms with Crippen molar-refractivity contribution in [3.05, 3.63) is 51.7 Å². The highest BCUT2D eigenvalue weighted by molar-refractivity contribution is 9.10. The van der Waals surface area contributed by atoms with Gasteiger partial charge in [-0.15, -0.1) is 0 Å². The van der Waals surface area contributed by atoms with E-state index in [1.165, 1.54) is 6.20 Å². The van der Waals surface area contributed by atoms with Gasteiger partial charge in [-0.3, -0.25) is 4.72 Å². The third-order valence-electron chi connectivity index (χ3n) is 2.38. The molecule has 5 nitrogen and oxygen atoms in total. The largest absolute Gasteiger partial charge is 0.399 e. The Morgan fingerprint density at radius 2 is 2.10 bits per heavy atom. The molecule has 1 aromatic carbocycles. The van der Waals surface area contributed by atoms with Gasteiger partial charge >= 0.3 is 0 Å². The molecule has 1 heterocycles. The van der Waals surface area contributed by atoms with E-state index in [4.69, 9.17) is 17.3 Å². The van der Waals surface area contributed by atoms with Crippen LogP contribution in [0.15, 0.2) is 41.0 Å². The molecule has 0 spiro atoms. The van der Waals surface area contributed by atoms with Crippen LogP contribution in [0, 0.1) is 0 Å². The molecule has 0 aliphatic heterocycles. The SMILES string of the molecule is Nc1cccc(CS(=O)(=O)Nc2cc(Br)cnc2Cl)c1. The lowest BCUT2D eigenvalue weighted by Gasteiger charge is -2.09. The van der Waals surface area contributed by atoms with Crippen molar-refractivity contribution in [1.82, 2.24) is 4.98 Å². The van der Waals surface area contributed by atoms with Gasteiger partial charge in [-0.1, -0.05) is 23.7 Å². The first-order chi connectivity index (χ1) is 9.35. The lowest BCUT2D eigenvalue weighted by molar-refractivity contribution is 0.600. The lowest BCUT2D eigenvalue weighted by Crippen LogP contribution is -2.15. The standard InChI is InChI=1S/C12H11BrClN3O2S/c13-9-5-11(12(14)16-6-9)17-20(18,19)7-8-2-1-3-10(15)4-8/h1-6,17H,7,15H2. The molecule has 1 aromatic heterocycles. The van der Waals surface area contributed by atoms with E-state index in [0.717, 1.165) is 0 Å². The topological polar surface area (TPSA) is 85.1 Å². The molecule has 2 aromatic rings. The Labute approximate surface area is 130 Å². The van der Waals surface area contributed by atoms with E-state index < -0.39 is 10.0 Å². The molecule has 0 unspecified atom stereocenters. The number of pyridine rings is 1. The smallest absolute Gasteiger partial charge is 0.237 e. The van der Waals surface area contributed by atoms with Crippen LogP contribution in [0.1, 0.15) is 5.56 Å². The van der Waals surface area contributed by atoms with Crippen molar-refractivity contribution in [3.63, 3.8) is 0 Å². The van der Waals surface area contributed by atoms with Crippen molar-refractivity contribution in [3.8, 4) is 0 Å². The lowest BCUT2D eigenvalue weighted by atomic mass is 10.2. The van der Waals surface area contributed by atoms with Crippen molar-refractivity contribution in [2.75, 3.05) is 10.5 Å². The number of benzene rings is 1. The number of sulfonamides is 1. The molecule has 0 saturated carbocycles. The number of anilines is 2. The number of rotatable bonds is 4. The molecule has 3 N–H and O–H groups in total. The minimum atomic E-state index is -3.59. The van der Waals surface area contributed by atoms with Gasteiger partial charge in [-0.25, -0.2) is 13.4 Å². The van der Waals surface area contributed by atoms with Crippen molar-refractivity contribution in [2.24, 2.45) is 0 Å². The number of nitrogens with one attached hydrogen (secondary N) is 1. The molecule has 20 heavy (non-hydrogen) atoms. The summed E-state index contributed by atoms with van der Waals surface area (Å²) in [5.41, 5.74) is 6.96. The Bertz CT molecular complexity index is 737. The summed E-state index contributed by atoms with van der Waals surface area (Å²) in [5, 5.41) is 0.0874. The van der Waals surface area contributed by atoms with Crippen LogP contribution < -0.4 is 10.5 Å². The van der Waals surface area contributed by atoms with Gasteiger partial charge < -0.3 is 5.73 Å². The normalized spacial score (nSPS) is 11.3. The Balaban J connectivity index is 2.21. The average molecular weight is 377 g/mol. The number of aromatic nitrogens is 1. The fraction of sp³-hybridized carbons (Fsp3) is 0.0833. The number of nitrogen functional groups attached to an aromatic ring is 1. The van der Waals surface area contributed by atoms with Crippen LogP contribution in [0.2, 0.25) is 5.15 Å². The van der Waals surface area contributed by atoms with Crippen LogP contribution in [0.5, 0.6) is 0 Å². The zero-order chi connectivity index (χ0) is 14.8. The minimum Gasteiger partial charge on any atom is -0.399 e. The maximum Gasteiger partial charge on any atom is 0.237 e. The quantitative estimate of drug-likeness (QED) is 0.634. The first-order valence-corrected chi connectivity index (χ1v) is 8.34. The molecule has 0 aliphatic carbocycles. The second-order valence-electron chi connectivity index (χ2n) is 4.10. The second-order valence-corrected chi connectivity index (χ2v) is 7.09. The maximum absolute atomic E-state index is 12.1. The highest BCUT2D eigenvalue weighted by Crippen LogP contribution is 2.24. The first-order valence-electron chi connectivity index (χ1n) is 5.52. The Hall–Kier alpha value is -1.31. The summed E-state index contributed by atoms with van der Waals surface area (Å²) >= 11 is 9.06. The number of halogens is 2. The number of hydrogen-bond donors (Lipinski definition) is 2. The van der Waals surface area contributed by atoms with Crippen LogP contribution in [-0.4, -0.2) is 13.4 Å². The third kappa shape index (κ3) is 4.09. The number of nitrogens with zero attached hydrogens (tertiary/aromatic N) is 1. The molecule has 0 aliphatic rings. The summed E-state index contributed by atoms with van der Waals surface area (Å²) in [6.45, 7) is 0. The van der Waals surface area contributed by atoms with E-state index >= 15 is 0 Å². The third-order valence-corrected chi connectivity index (χ3v) is 4.36. The Morgan fingerprint density at radius 1 is 1.35 bits per heavy atom. The monoisotopic (exact) mass is 375 g/mol. The predicted octanol–water partition coefficient (Wildman–Crippen LogP) is 3.02. The second kappa shape index (κ2) is 5.99. The molecule has 106 valence electrons. The van der Waals surface area contributed by atoms with Gasteiger partial charge in [0.1, 0.15) is 0 Å². The van der Waals surface area contributed by atoms with Gasteiger partial charge in [-0.2, -0.15) is 0 Å². The van der Waals surface area contributed by atoms with Gasteiger partial charge in [0.05, 0.1) is 11.4 Å². The average Bonchev–Trinajstić information content (AvgIpc) is 2.33. The van der Waals surface area contributed by atoms with E-state index in [0.29, 0.717) is 15.7 Å².